The molecular weight excluding hydrogens is 320 g/mol. The predicted octanol–water partition coefficient (Wildman–Crippen LogP) is 3.60. The van der Waals surface area contributed by atoms with Crippen LogP contribution in [0.25, 0.3) is 0 Å². The second-order valence-electron chi connectivity index (χ2n) is 7.76. The van der Waals surface area contributed by atoms with E-state index in [1.54, 1.807) is 11.8 Å². The zero-order chi connectivity index (χ0) is 17.8. The van der Waals surface area contributed by atoms with Crippen LogP contribution in [0.3, 0.4) is 0 Å². The third kappa shape index (κ3) is 6.02. The van der Waals surface area contributed by atoms with E-state index in [1.807, 2.05) is 31.2 Å². The summed E-state index contributed by atoms with van der Waals surface area (Å²) < 4.78 is 5.43. The van der Waals surface area contributed by atoms with Crippen LogP contribution in [0.2, 0.25) is 0 Å². The van der Waals surface area contributed by atoms with Crippen LogP contribution in [-0.2, 0) is 4.79 Å². The average molecular weight is 351 g/mol. The number of ether oxygens (including phenoxy) is 1. The standard InChI is InChI=1S/C19H30N2O2S/c1-6-23-15-7-9-16(10-8-15)24-13-17(22)20-14-11-18(2,3)21-19(4,5)12-14/h7-10,14,21H,6,11-13H2,1-5H3,(H,20,22). The molecule has 0 radical (unpaired) electrons. The van der Waals surface area contributed by atoms with Gasteiger partial charge in [0, 0.05) is 22.0 Å². The molecule has 2 rings (SSSR count). The molecule has 5 heteroatoms. The van der Waals surface area contributed by atoms with E-state index in [9.17, 15) is 4.79 Å². The zero-order valence-electron chi connectivity index (χ0n) is 15.4. The van der Waals surface area contributed by atoms with Gasteiger partial charge in [-0.05, 0) is 71.7 Å². The molecule has 0 unspecified atom stereocenters. The van der Waals surface area contributed by atoms with Gasteiger partial charge in [-0.1, -0.05) is 0 Å². The van der Waals surface area contributed by atoms with Crippen molar-refractivity contribution in [1.29, 1.82) is 0 Å². The highest BCUT2D eigenvalue weighted by Crippen LogP contribution is 2.28. The van der Waals surface area contributed by atoms with Gasteiger partial charge in [0.25, 0.3) is 0 Å². The highest BCUT2D eigenvalue weighted by atomic mass is 32.2. The van der Waals surface area contributed by atoms with Crippen LogP contribution in [0.4, 0.5) is 0 Å². The van der Waals surface area contributed by atoms with Crippen molar-refractivity contribution in [2.45, 2.75) is 69.5 Å². The first-order valence-electron chi connectivity index (χ1n) is 8.63. The van der Waals surface area contributed by atoms with Crippen LogP contribution in [-0.4, -0.2) is 35.4 Å². The molecule has 1 saturated heterocycles. The molecule has 0 atom stereocenters. The van der Waals surface area contributed by atoms with Crippen molar-refractivity contribution in [3.63, 3.8) is 0 Å². The molecule has 0 spiro atoms. The lowest BCUT2D eigenvalue weighted by Gasteiger charge is -2.46. The van der Waals surface area contributed by atoms with Crippen molar-refractivity contribution in [3.8, 4) is 5.75 Å². The van der Waals surface area contributed by atoms with Crippen molar-refractivity contribution >= 4 is 17.7 Å². The Hall–Kier alpha value is -1.20. The Morgan fingerprint density at radius 3 is 2.33 bits per heavy atom. The number of amides is 1. The van der Waals surface area contributed by atoms with Gasteiger partial charge >= 0.3 is 0 Å². The Labute approximate surface area is 150 Å². The molecule has 1 amide bonds. The number of carbonyl (C=O) groups excluding carboxylic acids is 1. The van der Waals surface area contributed by atoms with Gasteiger partial charge in [0.15, 0.2) is 0 Å². The summed E-state index contributed by atoms with van der Waals surface area (Å²) in [6, 6.07) is 8.12. The Balaban J connectivity index is 1.82. The number of piperidine rings is 1. The summed E-state index contributed by atoms with van der Waals surface area (Å²) in [6.45, 7) is 11.4. The maximum atomic E-state index is 12.3. The lowest BCUT2D eigenvalue weighted by molar-refractivity contribution is -0.119. The molecule has 1 aromatic carbocycles. The number of nitrogens with one attached hydrogen (secondary N) is 2. The number of hydrogen-bond donors (Lipinski definition) is 2. The highest BCUT2D eigenvalue weighted by Gasteiger charge is 2.38. The molecule has 2 N–H and O–H groups in total. The first-order chi connectivity index (χ1) is 11.2. The molecule has 24 heavy (non-hydrogen) atoms. The van der Waals surface area contributed by atoms with E-state index >= 15 is 0 Å². The van der Waals surface area contributed by atoms with Crippen LogP contribution in [0.1, 0.15) is 47.5 Å². The molecule has 1 aromatic rings. The molecule has 4 nitrogen and oxygen atoms in total. The number of hydrogen-bond acceptors (Lipinski definition) is 4. The minimum atomic E-state index is 0.0436. The van der Waals surface area contributed by atoms with Crippen molar-refractivity contribution in [2.24, 2.45) is 0 Å². The third-order valence-electron chi connectivity index (χ3n) is 4.06. The fraction of sp³-hybridized carbons (Fsp3) is 0.632. The average Bonchev–Trinajstić information content (AvgIpc) is 2.43. The highest BCUT2D eigenvalue weighted by molar-refractivity contribution is 8.00. The van der Waals surface area contributed by atoms with Crippen LogP contribution in [0.15, 0.2) is 29.2 Å². The van der Waals surface area contributed by atoms with Gasteiger partial charge in [0.1, 0.15) is 5.75 Å². The number of carbonyl (C=O) groups is 1. The molecule has 1 fully saturated rings. The minimum Gasteiger partial charge on any atom is -0.494 e. The minimum absolute atomic E-state index is 0.0436. The molecule has 134 valence electrons. The summed E-state index contributed by atoms with van der Waals surface area (Å²) in [5.74, 6) is 1.41. The Bertz CT molecular complexity index is 539. The summed E-state index contributed by atoms with van der Waals surface area (Å²) in [6.07, 6.45) is 1.91. The zero-order valence-corrected chi connectivity index (χ0v) is 16.3. The summed E-state index contributed by atoms with van der Waals surface area (Å²) >= 11 is 1.56. The lowest BCUT2D eigenvalue weighted by atomic mass is 9.79. The van der Waals surface area contributed by atoms with Crippen molar-refractivity contribution in [1.82, 2.24) is 10.6 Å². The topological polar surface area (TPSA) is 50.4 Å². The van der Waals surface area contributed by atoms with Gasteiger partial charge in [0.05, 0.1) is 12.4 Å². The first-order valence-corrected chi connectivity index (χ1v) is 9.62. The monoisotopic (exact) mass is 350 g/mol. The van der Waals surface area contributed by atoms with Gasteiger partial charge in [-0.2, -0.15) is 0 Å². The van der Waals surface area contributed by atoms with E-state index in [0.29, 0.717) is 12.4 Å². The van der Waals surface area contributed by atoms with Gasteiger partial charge < -0.3 is 15.4 Å². The maximum Gasteiger partial charge on any atom is 0.230 e. The summed E-state index contributed by atoms with van der Waals surface area (Å²) in [5.41, 5.74) is 0.0872. The third-order valence-corrected chi connectivity index (χ3v) is 5.07. The van der Waals surface area contributed by atoms with E-state index in [-0.39, 0.29) is 23.0 Å². The van der Waals surface area contributed by atoms with Gasteiger partial charge in [-0.3, -0.25) is 4.79 Å². The van der Waals surface area contributed by atoms with Crippen molar-refractivity contribution in [3.05, 3.63) is 24.3 Å². The lowest BCUT2D eigenvalue weighted by Crippen LogP contribution is -2.62. The number of benzene rings is 1. The SMILES string of the molecule is CCOc1ccc(SCC(=O)NC2CC(C)(C)NC(C)(C)C2)cc1. The van der Waals surface area contributed by atoms with Crippen LogP contribution in [0, 0.1) is 0 Å². The Morgan fingerprint density at radius 2 is 1.79 bits per heavy atom. The Morgan fingerprint density at radius 1 is 1.21 bits per heavy atom. The van der Waals surface area contributed by atoms with Gasteiger partial charge in [-0.25, -0.2) is 0 Å². The van der Waals surface area contributed by atoms with Crippen LogP contribution in [0.5, 0.6) is 5.75 Å². The van der Waals surface area contributed by atoms with E-state index < -0.39 is 0 Å². The van der Waals surface area contributed by atoms with Crippen molar-refractivity contribution in [2.75, 3.05) is 12.4 Å². The molecule has 1 aliphatic heterocycles. The largest absolute Gasteiger partial charge is 0.494 e. The molecule has 0 saturated carbocycles. The van der Waals surface area contributed by atoms with Gasteiger partial charge in [-0.15, -0.1) is 11.8 Å². The molecule has 1 aliphatic rings. The molecule has 0 bridgehead atoms. The second kappa shape index (κ2) is 7.79. The Kier molecular flexibility index (Phi) is 6.21. The molecule has 0 aliphatic carbocycles. The number of thioether (sulfide) groups is 1. The quantitative estimate of drug-likeness (QED) is 0.770. The smallest absolute Gasteiger partial charge is 0.230 e. The fourth-order valence-corrected chi connectivity index (χ4v) is 4.35. The molecule has 1 heterocycles. The van der Waals surface area contributed by atoms with Gasteiger partial charge in [0.2, 0.25) is 5.91 Å². The predicted molar refractivity (Wildman–Crippen MR) is 101 cm³/mol. The summed E-state index contributed by atoms with van der Waals surface area (Å²) in [7, 11) is 0. The van der Waals surface area contributed by atoms with E-state index in [1.165, 1.54) is 0 Å². The fourth-order valence-electron chi connectivity index (χ4n) is 3.64. The van der Waals surface area contributed by atoms with E-state index in [2.05, 4.69) is 38.3 Å². The number of rotatable bonds is 6. The molecular formula is C19H30N2O2S. The first kappa shape index (κ1) is 19.1. The normalized spacial score (nSPS) is 19.7. The summed E-state index contributed by atoms with van der Waals surface area (Å²) in [4.78, 5) is 13.4. The van der Waals surface area contributed by atoms with Crippen LogP contribution >= 0.6 is 11.8 Å². The maximum absolute atomic E-state index is 12.3. The second-order valence-corrected chi connectivity index (χ2v) is 8.81. The van der Waals surface area contributed by atoms with Crippen molar-refractivity contribution < 1.29 is 9.53 Å². The van der Waals surface area contributed by atoms with Crippen LogP contribution < -0.4 is 15.4 Å². The molecule has 0 aromatic heterocycles. The summed E-state index contributed by atoms with van der Waals surface area (Å²) in [5, 5.41) is 6.85. The van der Waals surface area contributed by atoms with E-state index in [4.69, 9.17) is 4.74 Å². The van der Waals surface area contributed by atoms with E-state index in [0.717, 1.165) is 23.5 Å².